The first kappa shape index (κ1) is 17.0. The van der Waals surface area contributed by atoms with Crippen LogP contribution < -0.4 is 16.0 Å². The fourth-order valence-electron chi connectivity index (χ4n) is 2.53. The molecule has 130 valence electrons. The Kier molecular flexibility index (Phi) is 4.99. The SMILES string of the molecule is CN/C=C(/Nc1ncc2c(n1)NC(=O)N(C1=CCCC=C1)C2)C(=N)Cl. The van der Waals surface area contributed by atoms with E-state index < -0.39 is 0 Å². The average Bonchev–Trinajstić information content (AvgIpc) is 2.61. The summed E-state index contributed by atoms with van der Waals surface area (Å²) in [6.45, 7) is 0.405. The van der Waals surface area contributed by atoms with Crippen LogP contribution in [0.3, 0.4) is 0 Å². The average molecular weight is 360 g/mol. The van der Waals surface area contributed by atoms with Crippen LogP contribution in [-0.2, 0) is 6.54 Å². The minimum absolute atomic E-state index is 0.179. The molecule has 0 unspecified atom stereocenters. The normalized spacial score (nSPS) is 16.7. The van der Waals surface area contributed by atoms with Gasteiger partial charge in [-0.05, 0) is 18.9 Å². The number of carbonyl (C=O) groups is 1. The smallest absolute Gasteiger partial charge is 0.327 e. The molecular weight excluding hydrogens is 342 g/mol. The van der Waals surface area contributed by atoms with Crippen molar-refractivity contribution < 1.29 is 4.79 Å². The van der Waals surface area contributed by atoms with Gasteiger partial charge in [-0.25, -0.2) is 9.78 Å². The lowest BCUT2D eigenvalue weighted by Crippen LogP contribution is -2.38. The Labute approximate surface area is 150 Å². The number of nitrogens with one attached hydrogen (secondary N) is 4. The van der Waals surface area contributed by atoms with Gasteiger partial charge >= 0.3 is 6.03 Å². The molecule has 0 fully saturated rings. The van der Waals surface area contributed by atoms with E-state index in [0.29, 0.717) is 18.1 Å². The van der Waals surface area contributed by atoms with Gasteiger partial charge in [0.15, 0.2) is 0 Å². The molecule has 9 heteroatoms. The summed E-state index contributed by atoms with van der Waals surface area (Å²) in [6, 6.07) is -0.231. The monoisotopic (exact) mass is 359 g/mol. The largest absolute Gasteiger partial charge is 0.392 e. The number of amides is 2. The Hall–Kier alpha value is -2.87. The lowest BCUT2D eigenvalue weighted by Gasteiger charge is -2.30. The zero-order valence-corrected chi connectivity index (χ0v) is 14.4. The third-order valence-electron chi connectivity index (χ3n) is 3.72. The highest BCUT2D eigenvalue weighted by atomic mass is 35.5. The Morgan fingerprint density at radius 3 is 3.00 bits per heavy atom. The minimum atomic E-state index is -0.231. The van der Waals surface area contributed by atoms with Gasteiger partial charge in [-0.3, -0.25) is 15.6 Å². The van der Waals surface area contributed by atoms with Gasteiger partial charge in [0.1, 0.15) is 11.0 Å². The molecule has 0 atom stereocenters. The highest BCUT2D eigenvalue weighted by molar-refractivity contribution is 6.68. The van der Waals surface area contributed by atoms with Crippen molar-refractivity contribution in [3.8, 4) is 0 Å². The number of carbonyl (C=O) groups excluding carboxylic acids is 1. The first-order valence-electron chi connectivity index (χ1n) is 7.78. The summed E-state index contributed by atoms with van der Waals surface area (Å²) >= 11 is 5.71. The Bertz CT molecular complexity index is 800. The fourth-order valence-corrected chi connectivity index (χ4v) is 2.63. The van der Waals surface area contributed by atoms with Gasteiger partial charge in [0.05, 0.1) is 12.2 Å². The molecule has 0 saturated heterocycles. The third-order valence-corrected chi connectivity index (χ3v) is 3.93. The van der Waals surface area contributed by atoms with Gasteiger partial charge in [-0.1, -0.05) is 23.8 Å². The molecule has 1 aromatic heterocycles. The molecule has 2 aliphatic rings. The molecule has 4 N–H and O–H groups in total. The van der Waals surface area contributed by atoms with Crippen molar-refractivity contribution in [2.24, 2.45) is 0 Å². The van der Waals surface area contributed by atoms with Crippen molar-refractivity contribution in [3.63, 3.8) is 0 Å². The van der Waals surface area contributed by atoms with E-state index >= 15 is 0 Å². The third kappa shape index (κ3) is 3.80. The molecule has 1 aromatic rings. The summed E-state index contributed by atoms with van der Waals surface area (Å²) in [5, 5.41) is 15.8. The van der Waals surface area contributed by atoms with Gasteiger partial charge in [-0.15, -0.1) is 0 Å². The van der Waals surface area contributed by atoms with Crippen molar-refractivity contribution in [3.05, 3.63) is 47.6 Å². The van der Waals surface area contributed by atoms with Crippen molar-refractivity contribution in [1.82, 2.24) is 20.2 Å². The number of hydrogen-bond acceptors (Lipinski definition) is 6. The van der Waals surface area contributed by atoms with E-state index in [1.54, 1.807) is 18.1 Å². The van der Waals surface area contributed by atoms with E-state index in [-0.39, 0.29) is 17.2 Å². The second kappa shape index (κ2) is 7.35. The van der Waals surface area contributed by atoms with Crippen LogP contribution in [0.5, 0.6) is 0 Å². The number of fused-ring (bicyclic) bond motifs is 1. The molecule has 0 radical (unpaired) electrons. The number of nitrogens with zero attached hydrogens (tertiary/aromatic N) is 3. The molecule has 2 heterocycles. The Morgan fingerprint density at radius 2 is 2.32 bits per heavy atom. The molecular formula is C16H18ClN7O. The summed E-state index contributed by atoms with van der Waals surface area (Å²) in [4.78, 5) is 22.6. The standard InChI is InChI=1S/C16H18ClN7O/c1-19-8-12(13(17)18)21-15-20-7-10-9-24(11-5-3-2-4-6-11)16(25)23-14(10)22-15/h3,5-8,18-19H,2,4,9H2,1H3,(H2,20,21,22,23,25)/b12-8+,18-13?. The quantitative estimate of drug-likeness (QED) is 0.605. The molecule has 8 nitrogen and oxygen atoms in total. The van der Waals surface area contributed by atoms with Gasteiger partial charge in [0.25, 0.3) is 0 Å². The molecule has 0 bridgehead atoms. The molecule has 0 spiro atoms. The number of anilines is 2. The zero-order valence-electron chi connectivity index (χ0n) is 13.6. The molecule has 0 saturated carbocycles. The number of halogens is 1. The van der Waals surface area contributed by atoms with Crippen molar-refractivity contribution >= 4 is 34.6 Å². The summed E-state index contributed by atoms with van der Waals surface area (Å²) in [6.07, 6.45) is 11.1. The molecule has 25 heavy (non-hydrogen) atoms. The van der Waals surface area contributed by atoms with Crippen molar-refractivity contribution in [1.29, 1.82) is 5.41 Å². The minimum Gasteiger partial charge on any atom is -0.392 e. The second-order valence-electron chi connectivity index (χ2n) is 5.48. The van der Waals surface area contributed by atoms with Gasteiger partial charge in [0.2, 0.25) is 5.95 Å². The van der Waals surface area contributed by atoms with Crippen LogP contribution in [0.1, 0.15) is 18.4 Å². The van der Waals surface area contributed by atoms with Crippen LogP contribution in [0.15, 0.2) is 42.0 Å². The van der Waals surface area contributed by atoms with E-state index in [2.05, 4.69) is 32.0 Å². The highest BCUT2D eigenvalue weighted by Gasteiger charge is 2.26. The second-order valence-corrected chi connectivity index (χ2v) is 5.86. The highest BCUT2D eigenvalue weighted by Crippen LogP contribution is 2.26. The Morgan fingerprint density at radius 1 is 1.48 bits per heavy atom. The van der Waals surface area contributed by atoms with E-state index in [0.717, 1.165) is 24.1 Å². The predicted octanol–water partition coefficient (Wildman–Crippen LogP) is 2.75. The van der Waals surface area contributed by atoms with E-state index in [4.69, 9.17) is 17.0 Å². The molecule has 2 amide bonds. The molecule has 0 aromatic carbocycles. The number of hydrogen-bond donors (Lipinski definition) is 4. The van der Waals surface area contributed by atoms with Gasteiger partial charge in [0, 0.05) is 30.7 Å². The molecule has 3 rings (SSSR count). The van der Waals surface area contributed by atoms with E-state index in [1.165, 1.54) is 6.20 Å². The predicted molar refractivity (Wildman–Crippen MR) is 97.4 cm³/mol. The van der Waals surface area contributed by atoms with Gasteiger partial charge < -0.3 is 10.6 Å². The maximum atomic E-state index is 12.4. The summed E-state index contributed by atoms with van der Waals surface area (Å²) in [7, 11) is 1.69. The maximum Gasteiger partial charge on any atom is 0.327 e. The topological polar surface area (TPSA) is 106 Å². The van der Waals surface area contributed by atoms with Gasteiger partial charge in [-0.2, -0.15) is 4.98 Å². The Balaban J connectivity index is 1.81. The first-order chi connectivity index (χ1) is 12.1. The zero-order chi connectivity index (χ0) is 17.8. The number of urea groups is 1. The van der Waals surface area contributed by atoms with Crippen LogP contribution in [0.2, 0.25) is 0 Å². The summed E-state index contributed by atoms with van der Waals surface area (Å²) in [5.41, 5.74) is 2.02. The van der Waals surface area contributed by atoms with Crippen LogP contribution in [-0.4, -0.2) is 33.1 Å². The maximum absolute atomic E-state index is 12.4. The number of aromatic nitrogens is 2. The number of allylic oxidation sites excluding steroid dienone is 4. The lowest BCUT2D eigenvalue weighted by molar-refractivity contribution is 0.221. The summed E-state index contributed by atoms with van der Waals surface area (Å²) in [5.74, 6) is 0.695. The summed E-state index contributed by atoms with van der Waals surface area (Å²) < 4.78 is 0. The van der Waals surface area contributed by atoms with E-state index in [9.17, 15) is 4.79 Å². The lowest BCUT2D eigenvalue weighted by atomic mass is 10.1. The van der Waals surface area contributed by atoms with Crippen LogP contribution >= 0.6 is 11.6 Å². The fraction of sp³-hybridized carbons (Fsp3) is 0.250. The van der Waals surface area contributed by atoms with Crippen LogP contribution in [0.25, 0.3) is 0 Å². The number of rotatable bonds is 5. The van der Waals surface area contributed by atoms with Crippen LogP contribution in [0, 0.1) is 5.41 Å². The molecule has 1 aliphatic carbocycles. The molecule has 1 aliphatic heterocycles. The van der Waals surface area contributed by atoms with Crippen LogP contribution in [0.4, 0.5) is 16.6 Å². The van der Waals surface area contributed by atoms with Crippen molar-refractivity contribution in [2.75, 3.05) is 17.7 Å². The van der Waals surface area contributed by atoms with E-state index in [1.807, 2.05) is 12.2 Å². The first-order valence-corrected chi connectivity index (χ1v) is 8.16. The van der Waals surface area contributed by atoms with Crippen molar-refractivity contribution in [2.45, 2.75) is 19.4 Å².